The van der Waals surface area contributed by atoms with Crippen LogP contribution in [0.2, 0.25) is 0 Å². The summed E-state index contributed by atoms with van der Waals surface area (Å²) >= 11 is 1.76. The van der Waals surface area contributed by atoms with Crippen molar-refractivity contribution >= 4 is 28.7 Å². The van der Waals surface area contributed by atoms with Crippen molar-refractivity contribution in [3.63, 3.8) is 0 Å². The van der Waals surface area contributed by atoms with Crippen LogP contribution in [0, 0.1) is 0 Å². The van der Waals surface area contributed by atoms with Gasteiger partial charge in [-0.2, -0.15) is 0 Å². The van der Waals surface area contributed by atoms with Gasteiger partial charge in [-0.3, -0.25) is 0 Å². The van der Waals surface area contributed by atoms with E-state index in [0.717, 1.165) is 19.5 Å². The van der Waals surface area contributed by atoms with Gasteiger partial charge in [-0.15, -0.1) is 11.3 Å². The summed E-state index contributed by atoms with van der Waals surface area (Å²) in [5.74, 6) is -0.932. The molecule has 5 heteroatoms. The number of nitrogens with two attached hydrogens (primary N) is 1. The first-order chi connectivity index (χ1) is 9.16. The minimum Gasteiger partial charge on any atom is -0.478 e. The zero-order valence-electron chi connectivity index (χ0n) is 10.3. The van der Waals surface area contributed by atoms with Crippen molar-refractivity contribution in [3.8, 4) is 0 Å². The standard InChI is InChI=1S/C14H14N2O2S/c15-11-3-1-2-10(14(17)18)13(11)16-6-4-12-9(8-16)5-7-19-12/h1-3,5,7H,4,6,8,15H2,(H,17,18). The number of aromatic carboxylic acids is 1. The Kier molecular flexibility index (Phi) is 2.91. The van der Waals surface area contributed by atoms with Crippen LogP contribution in [-0.4, -0.2) is 17.6 Å². The Morgan fingerprint density at radius 2 is 2.21 bits per heavy atom. The summed E-state index contributed by atoms with van der Waals surface area (Å²) in [5.41, 5.74) is 8.71. The predicted octanol–water partition coefficient (Wildman–Crippen LogP) is 2.59. The van der Waals surface area contributed by atoms with Crippen LogP contribution in [0.1, 0.15) is 20.8 Å². The van der Waals surface area contributed by atoms with Gasteiger partial charge in [0.2, 0.25) is 0 Å². The van der Waals surface area contributed by atoms with Gasteiger partial charge in [0.05, 0.1) is 16.9 Å². The summed E-state index contributed by atoms with van der Waals surface area (Å²) in [4.78, 5) is 14.8. The lowest BCUT2D eigenvalue weighted by Crippen LogP contribution is -2.31. The zero-order valence-corrected chi connectivity index (χ0v) is 11.1. The second-order valence-corrected chi connectivity index (χ2v) is 5.59. The van der Waals surface area contributed by atoms with Gasteiger partial charge in [0.25, 0.3) is 0 Å². The van der Waals surface area contributed by atoms with E-state index >= 15 is 0 Å². The van der Waals surface area contributed by atoms with Crippen molar-refractivity contribution in [2.75, 3.05) is 17.2 Å². The van der Waals surface area contributed by atoms with Gasteiger partial charge >= 0.3 is 5.97 Å². The third-order valence-electron chi connectivity index (χ3n) is 3.42. The van der Waals surface area contributed by atoms with Crippen LogP contribution >= 0.6 is 11.3 Å². The third-order valence-corrected chi connectivity index (χ3v) is 4.44. The molecule has 2 aromatic rings. The molecule has 3 rings (SSSR count). The predicted molar refractivity (Wildman–Crippen MR) is 76.9 cm³/mol. The lowest BCUT2D eigenvalue weighted by Gasteiger charge is -2.31. The minimum atomic E-state index is -0.932. The van der Waals surface area contributed by atoms with Gasteiger partial charge in [-0.05, 0) is 35.6 Å². The van der Waals surface area contributed by atoms with Crippen LogP contribution in [0.3, 0.4) is 0 Å². The van der Waals surface area contributed by atoms with E-state index in [2.05, 4.69) is 16.3 Å². The van der Waals surface area contributed by atoms with Crippen LogP contribution in [0.15, 0.2) is 29.6 Å². The van der Waals surface area contributed by atoms with E-state index in [9.17, 15) is 9.90 Å². The van der Waals surface area contributed by atoms with Crippen LogP contribution in [-0.2, 0) is 13.0 Å². The lowest BCUT2D eigenvalue weighted by molar-refractivity contribution is 0.0697. The quantitative estimate of drug-likeness (QED) is 0.826. The maximum atomic E-state index is 11.3. The molecule has 0 bridgehead atoms. The minimum absolute atomic E-state index is 0.277. The molecule has 0 saturated heterocycles. The monoisotopic (exact) mass is 274 g/mol. The molecule has 1 aliphatic rings. The smallest absolute Gasteiger partial charge is 0.337 e. The van der Waals surface area contributed by atoms with Crippen LogP contribution in [0.4, 0.5) is 11.4 Å². The van der Waals surface area contributed by atoms with E-state index in [0.29, 0.717) is 11.4 Å². The SMILES string of the molecule is Nc1cccc(C(=O)O)c1N1CCc2sccc2C1. The molecule has 4 nitrogen and oxygen atoms in total. The first kappa shape index (κ1) is 12.0. The van der Waals surface area contributed by atoms with Gasteiger partial charge in [-0.25, -0.2) is 4.79 Å². The molecule has 0 atom stereocenters. The fourth-order valence-corrected chi connectivity index (χ4v) is 3.42. The first-order valence-corrected chi connectivity index (χ1v) is 6.97. The summed E-state index contributed by atoms with van der Waals surface area (Å²) in [6, 6.07) is 7.15. The fraction of sp³-hybridized carbons (Fsp3) is 0.214. The number of carbonyl (C=O) groups is 1. The molecule has 98 valence electrons. The molecule has 1 aromatic heterocycles. The number of nitrogens with zero attached hydrogens (tertiary/aromatic N) is 1. The highest BCUT2D eigenvalue weighted by molar-refractivity contribution is 7.10. The fourth-order valence-electron chi connectivity index (χ4n) is 2.53. The number of nitrogen functional groups attached to an aromatic ring is 1. The largest absolute Gasteiger partial charge is 0.478 e. The first-order valence-electron chi connectivity index (χ1n) is 6.09. The summed E-state index contributed by atoms with van der Waals surface area (Å²) in [7, 11) is 0. The number of rotatable bonds is 2. The molecule has 0 saturated carbocycles. The number of benzene rings is 1. The molecule has 0 aliphatic carbocycles. The molecule has 1 aromatic carbocycles. The van der Waals surface area contributed by atoms with Crippen molar-refractivity contribution in [1.29, 1.82) is 0 Å². The van der Waals surface area contributed by atoms with Gasteiger partial charge in [-0.1, -0.05) is 6.07 Å². The molecule has 0 unspecified atom stereocenters. The number of hydrogen-bond acceptors (Lipinski definition) is 4. The Hall–Kier alpha value is -2.01. The molecular weight excluding hydrogens is 260 g/mol. The lowest BCUT2D eigenvalue weighted by atomic mass is 10.1. The molecule has 0 fully saturated rings. The zero-order chi connectivity index (χ0) is 13.4. The maximum absolute atomic E-state index is 11.3. The maximum Gasteiger partial charge on any atom is 0.337 e. The Morgan fingerprint density at radius 1 is 1.37 bits per heavy atom. The molecule has 0 spiro atoms. The molecule has 0 amide bonds. The van der Waals surface area contributed by atoms with Gasteiger partial charge in [0.1, 0.15) is 0 Å². The Labute approximate surface area is 115 Å². The van der Waals surface area contributed by atoms with E-state index in [1.165, 1.54) is 10.4 Å². The van der Waals surface area contributed by atoms with Crippen molar-refractivity contribution < 1.29 is 9.90 Å². The molecule has 3 N–H and O–H groups in total. The van der Waals surface area contributed by atoms with E-state index in [1.807, 2.05) is 0 Å². The van der Waals surface area contributed by atoms with Crippen molar-refractivity contribution in [2.24, 2.45) is 0 Å². The summed E-state index contributed by atoms with van der Waals surface area (Å²) in [5, 5.41) is 11.4. The number of fused-ring (bicyclic) bond motifs is 1. The molecule has 1 aliphatic heterocycles. The average molecular weight is 274 g/mol. The molecular formula is C14H14N2O2S. The molecule has 2 heterocycles. The number of hydrogen-bond donors (Lipinski definition) is 2. The highest BCUT2D eigenvalue weighted by atomic mass is 32.1. The van der Waals surface area contributed by atoms with Crippen LogP contribution in [0.25, 0.3) is 0 Å². The van der Waals surface area contributed by atoms with E-state index in [-0.39, 0.29) is 5.56 Å². The Balaban J connectivity index is 2.02. The summed E-state index contributed by atoms with van der Waals surface area (Å²) in [6.45, 7) is 1.54. The summed E-state index contributed by atoms with van der Waals surface area (Å²) in [6.07, 6.45) is 0.945. The number of thiophene rings is 1. The van der Waals surface area contributed by atoms with E-state index in [4.69, 9.17) is 5.73 Å². The van der Waals surface area contributed by atoms with Crippen LogP contribution < -0.4 is 10.6 Å². The third kappa shape index (κ3) is 2.06. The number of para-hydroxylation sites is 1. The van der Waals surface area contributed by atoms with Gasteiger partial charge in [0, 0.05) is 18.0 Å². The van der Waals surface area contributed by atoms with Crippen molar-refractivity contribution in [2.45, 2.75) is 13.0 Å². The average Bonchev–Trinajstić information content (AvgIpc) is 2.85. The summed E-state index contributed by atoms with van der Waals surface area (Å²) < 4.78 is 0. The normalized spacial score (nSPS) is 14.2. The number of anilines is 2. The van der Waals surface area contributed by atoms with E-state index < -0.39 is 5.97 Å². The second-order valence-electron chi connectivity index (χ2n) is 4.59. The highest BCUT2D eigenvalue weighted by Crippen LogP contribution is 2.33. The van der Waals surface area contributed by atoms with Gasteiger partial charge in [0.15, 0.2) is 0 Å². The molecule has 0 radical (unpaired) electrons. The molecule has 19 heavy (non-hydrogen) atoms. The van der Waals surface area contributed by atoms with Crippen LogP contribution in [0.5, 0.6) is 0 Å². The Bertz CT molecular complexity index is 636. The van der Waals surface area contributed by atoms with Crippen molar-refractivity contribution in [1.82, 2.24) is 0 Å². The topological polar surface area (TPSA) is 66.6 Å². The number of carboxylic acid groups (broad SMARTS) is 1. The number of carboxylic acids is 1. The second kappa shape index (κ2) is 4.59. The van der Waals surface area contributed by atoms with E-state index in [1.54, 1.807) is 29.5 Å². The highest BCUT2D eigenvalue weighted by Gasteiger charge is 2.23. The Morgan fingerprint density at radius 3 is 3.00 bits per heavy atom. The van der Waals surface area contributed by atoms with Gasteiger partial charge < -0.3 is 15.7 Å². The van der Waals surface area contributed by atoms with Crippen molar-refractivity contribution in [3.05, 3.63) is 45.6 Å².